The summed E-state index contributed by atoms with van der Waals surface area (Å²) in [5.74, 6) is -7.93. The van der Waals surface area contributed by atoms with Crippen LogP contribution < -0.4 is 166 Å². The first-order valence-corrected chi connectivity index (χ1v) is 26.3. The maximum atomic E-state index is 12.9. The van der Waals surface area contributed by atoms with Crippen LogP contribution in [0.15, 0.2) is 69.0 Å². The van der Waals surface area contributed by atoms with Gasteiger partial charge in [0.25, 0.3) is 17.6 Å². The van der Waals surface area contributed by atoms with Crippen molar-refractivity contribution in [2.75, 3.05) is 35.2 Å². The predicted octanol–water partition coefficient (Wildman–Crippen LogP) is -21.3. The maximum absolute atomic E-state index is 12.9. The molecule has 0 aliphatic rings. The summed E-state index contributed by atoms with van der Waals surface area (Å²) in [6.07, 6.45) is -0.972. The topological polar surface area (TPSA) is 703 Å². The number of nitrogen functional groups attached to an aromatic ring is 2. The average molecular weight is 1450 g/mol. The molecule has 61 heteroatoms. The van der Waals surface area contributed by atoms with E-state index in [0.717, 1.165) is 14.0 Å². The summed E-state index contributed by atoms with van der Waals surface area (Å²) < 4.78 is 4.20. The number of rotatable bonds is 42. The van der Waals surface area contributed by atoms with E-state index >= 15 is 0 Å². The molecule has 526 valence electrons. The summed E-state index contributed by atoms with van der Waals surface area (Å²) >= 11 is 0. The number of nitrogens with one attached hydrogen (secondary N) is 2. The van der Waals surface area contributed by atoms with E-state index in [0.29, 0.717) is 0 Å². The molecule has 8 aromatic rings. The van der Waals surface area contributed by atoms with E-state index < -0.39 is 54.7 Å². The number of benzene rings is 2. The van der Waals surface area contributed by atoms with E-state index in [1.165, 1.54) is 67.1 Å². The first-order chi connectivity index (χ1) is 48.4. The van der Waals surface area contributed by atoms with Gasteiger partial charge in [-0.1, -0.05) is 12.1 Å². The quantitative estimate of drug-likeness (QED) is 0.00689. The number of carboxylic acids is 3. The molecule has 0 amide bonds. The van der Waals surface area contributed by atoms with Crippen LogP contribution in [0.3, 0.4) is 0 Å². The molecule has 6 N–H and O–H groups in total. The second-order valence-electron chi connectivity index (χ2n) is 17.7. The predicted molar refractivity (Wildman–Crippen MR) is 277 cm³/mol. The number of anilines is 4. The third kappa shape index (κ3) is 26.7. The van der Waals surface area contributed by atoms with E-state index in [1.54, 1.807) is 0 Å². The van der Waals surface area contributed by atoms with Gasteiger partial charge in [-0.2, -0.15) is 45.0 Å². The zero-order valence-corrected chi connectivity index (χ0v) is 55.3. The zero-order valence-electron chi connectivity index (χ0n) is 55.3. The molecular formula is C45H34Li6N24O31. The second kappa shape index (κ2) is 47.5. The van der Waals surface area contributed by atoms with Gasteiger partial charge in [0.1, 0.15) is 11.6 Å². The molecule has 6 heterocycles. The summed E-state index contributed by atoms with van der Waals surface area (Å²) in [5.41, 5.74) is 12.6. The number of carbonyl (C=O) groups excluding carboxylic acids is 4. The fourth-order valence-electron chi connectivity index (χ4n) is 7.62. The van der Waals surface area contributed by atoms with E-state index in [4.69, 9.17) is 18.0 Å². The van der Waals surface area contributed by atoms with E-state index in [9.17, 15) is 55.2 Å². The van der Waals surface area contributed by atoms with Crippen molar-refractivity contribution >= 4 is 76.1 Å². The van der Waals surface area contributed by atoms with Gasteiger partial charge in [-0.15, -0.1) is 20.5 Å². The minimum atomic E-state index is -1.49. The first-order valence-electron chi connectivity index (χ1n) is 26.3. The van der Waals surface area contributed by atoms with Gasteiger partial charge in [0.15, 0.2) is 34.6 Å². The number of aromatic carboxylic acids is 1. The van der Waals surface area contributed by atoms with Gasteiger partial charge in [0.05, 0.1) is 64.3 Å². The standard InChI is InChI=1S/C45H40N24O31.6Li/c1-20-31(34(47)68(62-20)42-52-40(54-44(77)56-42)50-17-15-29(70)71)58-60-36-26(19-46)27(64-66(36)24-13-9-23(10-14-24)39(76)80-82-84-86-88-90-92-94-96-98-100-99-97-95-93-91-89-87-85-83-81-79)5-4-6-28-33(49-3)37(67(65-28)25-11-7-22(8-12-25)38(74)75)61-59-32-21(2)63-69(35(32)48)43-53-41(55-45(78)57-43)51-18-16-30(72)73;;;;;;/h7-14,79H,4-6,15-18,47-48H2,1-2H3,(H,70,71)(H,72,73)(H,74,75)(H2,50,52,54,56,77)(H2,51,53,55,57,78);;;;;;/q;6*+1/p-6. The van der Waals surface area contributed by atoms with E-state index in [1.807, 2.05) is 0 Å². The number of azo groups is 2. The van der Waals surface area contributed by atoms with Crippen molar-refractivity contribution in [1.29, 1.82) is 5.26 Å². The third-order valence-corrected chi connectivity index (χ3v) is 11.6. The fourth-order valence-corrected chi connectivity index (χ4v) is 7.62. The molecule has 0 saturated carbocycles. The van der Waals surface area contributed by atoms with Gasteiger partial charge in [-0.25, -0.2) is 38.9 Å². The Labute approximate surface area is 657 Å². The molecule has 0 atom stereocenters. The van der Waals surface area contributed by atoms with Crippen LogP contribution in [-0.2, 0) is 128 Å². The largest absolute Gasteiger partial charge is 1.00 e. The zero-order chi connectivity index (χ0) is 71.5. The van der Waals surface area contributed by atoms with Crippen LogP contribution in [0.4, 0.5) is 52.2 Å². The van der Waals surface area contributed by atoms with Gasteiger partial charge in [0, 0.05) is 93.3 Å². The van der Waals surface area contributed by atoms with Crippen LogP contribution >= 0.6 is 0 Å². The Hall–Kier alpha value is -9.10. The molecule has 0 aliphatic heterocycles. The Morgan fingerprint density at radius 2 is 0.915 bits per heavy atom. The molecule has 106 heavy (non-hydrogen) atoms. The van der Waals surface area contributed by atoms with Crippen molar-refractivity contribution < 1.29 is 269 Å². The Bertz CT molecular complexity index is 4320. The fraction of sp³-hybridized carbons (Fsp3) is 0.200. The summed E-state index contributed by atoms with van der Waals surface area (Å²) in [5, 5.41) is 191. The van der Waals surface area contributed by atoms with Gasteiger partial charge in [-0.05, 0) is 115 Å². The maximum Gasteiger partial charge on any atom is 1.00 e. The van der Waals surface area contributed by atoms with Gasteiger partial charge < -0.3 is 67.3 Å². The molecule has 0 spiro atoms. The minimum absolute atomic E-state index is 0. The summed E-state index contributed by atoms with van der Waals surface area (Å²) in [4.78, 5) is 77.5. The summed E-state index contributed by atoms with van der Waals surface area (Å²) in [6, 6.07) is 10.1. The smallest absolute Gasteiger partial charge is 0.844 e. The molecule has 0 unspecified atom stereocenters. The minimum Gasteiger partial charge on any atom is -0.844 e. The van der Waals surface area contributed by atoms with Crippen molar-refractivity contribution in [2.45, 2.75) is 46.0 Å². The number of aryl methyl sites for hydroxylation is 4. The van der Waals surface area contributed by atoms with Crippen LogP contribution in [0, 0.1) is 31.8 Å². The molecular weight excluding hydrogens is 1410 g/mol. The number of aromatic nitrogens is 14. The molecule has 8 rings (SSSR count). The molecule has 0 fully saturated rings. The van der Waals surface area contributed by atoms with Crippen LogP contribution in [0.2, 0.25) is 0 Å². The van der Waals surface area contributed by atoms with Crippen molar-refractivity contribution in [3.63, 3.8) is 0 Å². The van der Waals surface area contributed by atoms with Gasteiger partial charge in [-0.3, -0.25) is 9.93 Å². The van der Waals surface area contributed by atoms with Crippen molar-refractivity contribution in [2.24, 2.45) is 20.5 Å². The molecule has 0 bridgehead atoms. The van der Waals surface area contributed by atoms with Crippen LogP contribution in [0.1, 0.15) is 68.3 Å². The number of carbonyl (C=O) groups is 4. The van der Waals surface area contributed by atoms with Gasteiger partial charge >= 0.3 is 119 Å². The number of nitriles is 1. The SMILES string of the molecule is [C-]#[N+]c1c(CCCc2nn(-c3ccc(C(=O)OOOOOOOOOOOOOOOOOOOOO[O-])cc3)c(N=Nc3c(C)nn(-c4nc([O-])nc(NCCC(=O)[O-])n4)c3N)c2C#N)nn(-c2ccc(C(=O)[O-])cc2)c1N=Nc1c(C)nn(-c2nc([O-])nc(NCCC(=O)[O-])n2)c1N.[Li+].[Li+].[Li+].[Li+].[Li+].[Li+]. The molecule has 6 aromatic heterocycles. The van der Waals surface area contributed by atoms with E-state index in [2.05, 4.69) is 198 Å². The third-order valence-electron chi connectivity index (χ3n) is 11.6. The van der Waals surface area contributed by atoms with E-state index in [-0.39, 0.29) is 255 Å². The second-order valence-corrected chi connectivity index (χ2v) is 17.7. The Morgan fingerprint density at radius 1 is 0.528 bits per heavy atom. The van der Waals surface area contributed by atoms with Crippen molar-refractivity contribution in [3.05, 3.63) is 99.4 Å². The summed E-state index contributed by atoms with van der Waals surface area (Å²) in [6.45, 7) is 10.8. The van der Waals surface area contributed by atoms with Crippen LogP contribution in [0.5, 0.6) is 12.0 Å². The molecule has 55 nitrogen and oxygen atoms in total. The summed E-state index contributed by atoms with van der Waals surface area (Å²) in [7, 11) is 0. The number of nitrogens with two attached hydrogens (primary N) is 2. The number of aliphatic carboxylic acids is 2. The number of carboxylic acid groups (broad SMARTS) is 3. The number of nitrogens with zero attached hydrogens (tertiary/aromatic N) is 20. The number of hydrogen-bond acceptors (Lipinski definition) is 50. The normalized spacial score (nSPS) is 10.7. The van der Waals surface area contributed by atoms with Crippen LogP contribution in [-0.4, -0.2) is 106 Å². The van der Waals surface area contributed by atoms with Crippen molar-refractivity contribution in [1.82, 2.24) is 69.0 Å². The Balaban J connectivity index is 0.00000636. The molecule has 0 aliphatic carbocycles. The molecule has 2 aromatic carbocycles. The molecule has 0 saturated heterocycles. The number of hydrogen-bond donors (Lipinski definition) is 4. The Kier molecular flexibility index (Phi) is 41.6. The molecule has 0 radical (unpaired) electrons. The van der Waals surface area contributed by atoms with Gasteiger partial charge in [0.2, 0.25) is 11.9 Å². The Morgan fingerprint density at radius 3 is 1.32 bits per heavy atom. The van der Waals surface area contributed by atoms with Crippen LogP contribution in [0.25, 0.3) is 28.1 Å². The first kappa shape index (κ1) is 93.0. The van der Waals surface area contributed by atoms with Crippen molar-refractivity contribution in [3.8, 4) is 41.4 Å². The average Bonchev–Trinajstić information content (AvgIpc) is 1.64. The monoisotopic (exact) mass is 1450 g/mol.